The van der Waals surface area contributed by atoms with E-state index in [0.29, 0.717) is 0 Å². The zero-order chi connectivity index (χ0) is 12.4. The van der Waals surface area contributed by atoms with Gasteiger partial charge in [-0.25, -0.2) is 4.68 Å². The predicted molar refractivity (Wildman–Crippen MR) is 70.1 cm³/mol. The summed E-state index contributed by atoms with van der Waals surface area (Å²) in [5.74, 6) is 0.763. The molecule has 0 bridgehead atoms. The van der Waals surface area contributed by atoms with Gasteiger partial charge in [0.2, 0.25) is 5.16 Å². The van der Waals surface area contributed by atoms with Crippen molar-refractivity contribution in [3.05, 3.63) is 42.1 Å². The van der Waals surface area contributed by atoms with E-state index >= 15 is 0 Å². The molecule has 0 saturated heterocycles. The molecule has 0 fully saturated rings. The Morgan fingerprint density at radius 2 is 2.06 bits per heavy atom. The molecule has 0 radical (unpaired) electrons. The van der Waals surface area contributed by atoms with Gasteiger partial charge in [0.05, 0.1) is 11.2 Å². The van der Waals surface area contributed by atoms with Gasteiger partial charge in [-0.2, -0.15) is 0 Å². The lowest BCUT2D eigenvalue weighted by molar-refractivity contribution is 0.664. The lowest BCUT2D eigenvalue weighted by atomic mass is 10.2. The first-order valence-electron chi connectivity index (χ1n) is 5.53. The summed E-state index contributed by atoms with van der Waals surface area (Å²) in [7, 11) is 1.83. The average molecular weight is 257 g/mol. The molecule has 0 N–H and O–H groups in total. The lowest BCUT2D eigenvalue weighted by Crippen LogP contribution is -1.94. The number of rotatable bonds is 3. The van der Waals surface area contributed by atoms with Gasteiger partial charge in [0, 0.05) is 18.2 Å². The molecule has 0 saturated carbocycles. The molecule has 18 heavy (non-hydrogen) atoms. The summed E-state index contributed by atoms with van der Waals surface area (Å²) < 4.78 is 1.66. The molecule has 3 aromatic rings. The number of aromatic nitrogens is 5. The molecule has 0 aliphatic rings. The van der Waals surface area contributed by atoms with Crippen LogP contribution in [0.15, 0.2) is 41.6 Å². The van der Waals surface area contributed by atoms with Crippen LogP contribution < -0.4 is 0 Å². The van der Waals surface area contributed by atoms with Crippen molar-refractivity contribution in [3.63, 3.8) is 0 Å². The van der Waals surface area contributed by atoms with Crippen LogP contribution in [0.2, 0.25) is 0 Å². The van der Waals surface area contributed by atoms with Crippen molar-refractivity contribution in [1.29, 1.82) is 0 Å². The summed E-state index contributed by atoms with van der Waals surface area (Å²) in [6, 6.07) is 12.2. The predicted octanol–water partition coefficient (Wildman–Crippen LogP) is 2.05. The Morgan fingerprint density at radius 1 is 1.17 bits per heavy atom. The van der Waals surface area contributed by atoms with Gasteiger partial charge in [-0.15, -0.1) is 5.10 Å². The second-order valence-corrected chi connectivity index (χ2v) is 4.81. The fourth-order valence-electron chi connectivity index (χ4n) is 1.67. The van der Waals surface area contributed by atoms with Crippen LogP contribution in [0.3, 0.4) is 0 Å². The van der Waals surface area contributed by atoms with Crippen LogP contribution in [-0.2, 0) is 12.8 Å². The highest BCUT2D eigenvalue weighted by atomic mass is 32.2. The zero-order valence-electron chi connectivity index (χ0n) is 9.82. The van der Waals surface area contributed by atoms with Crippen molar-refractivity contribution < 1.29 is 0 Å². The molecule has 0 aliphatic carbocycles. The van der Waals surface area contributed by atoms with Crippen molar-refractivity contribution in [2.45, 2.75) is 10.9 Å². The molecular weight excluding hydrogens is 246 g/mol. The van der Waals surface area contributed by atoms with E-state index in [1.807, 2.05) is 31.3 Å². The molecule has 3 rings (SSSR count). The van der Waals surface area contributed by atoms with Crippen LogP contribution in [0.1, 0.15) is 5.69 Å². The second kappa shape index (κ2) is 4.73. The van der Waals surface area contributed by atoms with E-state index in [9.17, 15) is 0 Å². The summed E-state index contributed by atoms with van der Waals surface area (Å²) >= 11 is 1.58. The normalized spacial score (nSPS) is 10.9. The number of pyridine rings is 1. The molecule has 90 valence electrons. The van der Waals surface area contributed by atoms with Gasteiger partial charge >= 0.3 is 0 Å². The molecule has 0 spiro atoms. The summed E-state index contributed by atoms with van der Waals surface area (Å²) in [5, 5.41) is 13.3. The summed E-state index contributed by atoms with van der Waals surface area (Å²) in [6.45, 7) is 0. The van der Waals surface area contributed by atoms with Crippen LogP contribution in [-0.4, -0.2) is 25.2 Å². The van der Waals surface area contributed by atoms with E-state index in [0.717, 1.165) is 27.5 Å². The quantitative estimate of drug-likeness (QED) is 0.672. The largest absolute Gasteiger partial charge is 0.252 e. The molecule has 5 nitrogen and oxygen atoms in total. The highest BCUT2D eigenvalue weighted by molar-refractivity contribution is 7.98. The van der Waals surface area contributed by atoms with Gasteiger partial charge < -0.3 is 0 Å². The number of nitrogens with zero attached hydrogens (tertiary/aromatic N) is 5. The zero-order valence-corrected chi connectivity index (χ0v) is 10.6. The van der Waals surface area contributed by atoms with Crippen molar-refractivity contribution in [1.82, 2.24) is 25.2 Å². The van der Waals surface area contributed by atoms with E-state index < -0.39 is 0 Å². The SMILES string of the molecule is Cn1nnnc1SCc1ccc2ccccc2n1. The lowest BCUT2D eigenvalue weighted by Gasteiger charge is -2.02. The molecule has 2 aromatic heterocycles. The second-order valence-electron chi connectivity index (χ2n) is 3.87. The number of benzene rings is 1. The monoisotopic (exact) mass is 257 g/mol. The van der Waals surface area contributed by atoms with Crippen LogP contribution in [0.5, 0.6) is 0 Å². The van der Waals surface area contributed by atoms with Gasteiger partial charge in [-0.3, -0.25) is 4.98 Å². The Balaban J connectivity index is 1.81. The maximum absolute atomic E-state index is 4.61. The third-order valence-corrected chi connectivity index (χ3v) is 3.63. The molecule has 6 heteroatoms. The first kappa shape index (κ1) is 11.2. The fraction of sp³-hybridized carbons (Fsp3) is 0.167. The van der Waals surface area contributed by atoms with Crippen molar-refractivity contribution in [2.75, 3.05) is 0 Å². The average Bonchev–Trinajstić information content (AvgIpc) is 2.82. The summed E-state index contributed by atoms with van der Waals surface area (Å²) in [4.78, 5) is 4.61. The smallest absolute Gasteiger partial charge is 0.209 e. The van der Waals surface area contributed by atoms with E-state index in [2.05, 4.69) is 32.6 Å². The van der Waals surface area contributed by atoms with E-state index in [1.165, 1.54) is 0 Å². The molecule has 1 aromatic carbocycles. The number of fused-ring (bicyclic) bond motifs is 1. The minimum atomic E-state index is 0.763. The highest BCUT2D eigenvalue weighted by Gasteiger charge is 2.04. The number of tetrazole rings is 1. The number of thioether (sulfide) groups is 1. The van der Waals surface area contributed by atoms with Gasteiger partial charge in [-0.05, 0) is 22.6 Å². The van der Waals surface area contributed by atoms with E-state index in [1.54, 1.807) is 16.4 Å². The Hall–Kier alpha value is -1.95. The topological polar surface area (TPSA) is 56.5 Å². The first-order chi connectivity index (χ1) is 8.83. The van der Waals surface area contributed by atoms with Gasteiger partial charge in [-0.1, -0.05) is 36.0 Å². The number of hydrogen-bond donors (Lipinski definition) is 0. The first-order valence-corrected chi connectivity index (χ1v) is 6.51. The molecule has 0 atom stereocenters. The minimum absolute atomic E-state index is 0.763. The standard InChI is InChI=1S/C12H11N5S/c1-17-12(14-15-16-17)18-8-10-7-6-9-4-2-3-5-11(9)13-10/h2-7H,8H2,1H3. The van der Waals surface area contributed by atoms with Gasteiger partial charge in [0.15, 0.2) is 0 Å². The van der Waals surface area contributed by atoms with E-state index in [-0.39, 0.29) is 0 Å². The third kappa shape index (κ3) is 2.19. The van der Waals surface area contributed by atoms with Crippen molar-refractivity contribution in [2.24, 2.45) is 7.05 Å². The van der Waals surface area contributed by atoms with Crippen LogP contribution in [0, 0.1) is 0 Å². The maximum atomic E-state index is 4.61. The van der Waals surface area contributed by atoms with E-state index in [4.69, 9.17) is 0 Å². The van der Waals surface area contributed by atoms with Crippen molar-refractivity contribution in [3.8, 4) is 0 Å². The summed E-state index contributed by atoms with van der Waals surface area (Å²) in [6.07, 6.45) is 0. The third-order valence-electron chi connectivity index (χ3n) is 2.59. The van der Waals surface area contributed by atoms with Gasteiger partial charge in [0.1, 0.15) is 0 Å². The minimum Gasteiger partial charge on any atom is -0.252 e. The van der Waals surface area contributed by atoms with Gasteiger partial charge in [0.25, 0.3) is 0 Å². The van der Waals surface area contributed by atoms with Crippen LogP contribution in [0.4, 0.5) is 0 Å². The summed E-state index contributed by atoms with van der Waals surface area (Å²) in [5.41, 5.74) is 2.05. The Morgan fingerprint density at radius 3 is 2.89 bits per heavy atom. The number of aryl methyl sites for hydroxylation is 1. The molecular formula is C12H11N5S. The molecule has 0 amide bonds. The molecule has 2 heterocycles. The Kier molecular flexibility index (Phi) is 2.93. The fourth-order valence-corrected chi connectivity index (χ4v) is 2.43. The maximum Gasteiger partial charge on any atom is 0.209 e. The Labute approximate surface area is 108 Å². The van der Waals surface area contributed by atoms with Crippen LogP contribution >= 0.6 is 11.8 Å². The Bertz CT molecular complexity index is 679. The van der Waals surface area contributed by atoms with Crippen molar-refractivity contribution >= 4 is 22.7 Å². The number of para-hydroxylation sites is 1. The number of hydrogen-bond acceptors (Lipinski definition) is 5. The molecule has 0 unspecified atom stereocenters. The highest BCUT2D eigenvalue weighted by Crippen LogP contribution is 2.20. The van der Waals surface area contributed by atoms with Crippen LogP contribution in [0.25, 0.3) is 10.9 Å². The molecule has 0 aliphatic heterocycles.